The number of esters is 1. The van der Waals surface area contributed by atoms with Gasteiger partial charge in [-0.2, -0.15) is 0 Å². The van der Waals surface area contributed by atoms with Gasteiger partial charge in [0, 0.05) is 24.9 Å². The molecule has 0 radical (unpaired) electrons. The van der Waals surface area contributed by atoms with Crippen molar-refractivity contribution in [3.63, 3.8) is 0 Å². The maximum atomic E-state index is 12.9. The number of hydrogen-bond donors (Lipinski definition) is 0. The molecular weight excluding hydrogens is 396 g/mol. The quantitative estimate of drug-likeness (QED) is 0.677. The molecule has 1 amide bonds. The van der Waals surface area contributed by atoms with Crippen LogP contribution in [0.5, 0.6) is 0 Å². The number of hydrogen-bond acceptors (Lipinski definition) is 7. The Hall–Kier alpha value is -2.88. The lowest BCUT2D eigenvalue weighted by Gasteiger charge is -2.12. The number of carbonyl (C=O) groups is 2. The SMILES string of the molecule is COC(=O)c1c(CC2N=C(C)C=NC2=O)sc2c1c(=O)n(C)c(=O)n2CC(C)C. The summed E-state index contributed by atoms with van der Waals surface area (Å²) in [5, 5.41) is 0.132. The number of carbonyl (C=O) groups excluding carboxylic acids is 2. The molecule has 0 N–H and O–H groups in total. The van der Waals surface area contributed by atoms with Gasteiger partial charge in [0.2, 0.25) is 0 Å². The number of rotatable bonds is 5. The van der Waals surface area contributed by atoms with E-state index in [2.05, 4.69) is 9.98 Å². The predicted octanol–water partition coefficient (Wildman–Crippen LogP) is 1.19. The highest BCUT2D eigenvalue weighted by Gasteiger charge is 2.30. The number of ether oxygens (including phenoxy) is 1. The van der Waals surface area contributed by atoms with Crippen molar-refractivity contribution in [1.82, 2.24) is 9.13 Å². The molecule has 0 fully saturated rings. The molecule has 0 spiro atoms. The van der Waals surface area contributed by atoms with Crippen molar-refractivity contribution in [3.05, 3.63) is 31.3 Å². The number of aliphatic imine (C=N–C) groups is 2. The first-order chi connectivity index (χ1) is 13.6. The van der Waals surface area contributed by atoms with Crippen LogP contribution in [-0.2, 0) is 29.5 Å². The van der Waals surface area contributed by atoms with E-state index in [1.54, 1.807) is 6.92 Å². The number of amides is 1. The van der Waals surface area contributed by atoms with Crippen molar-refractivity contribution < 1.29 is 14.3 Å². The molecule has 0 bridgehead atoms. The maximum Gasteiger partial charge on any atom is 0.339 e. The lowest BCUT2D eigenvalue weighted by atomic mass is 10.1. The summed E-state index contributed by atoms with van der Waals surface area (Å²) in [4.78, 5) is 59.3. The average Bonchev–Trinajstić information content (AvgIpc) is 3.04. The topological polar surface area (TPSA) is 112 Å². The number of thiophene rings is 1. The van der Waals surface area contributed by atoms with Gasteiger partial charge in [-0.25, -0.2) is 14.6 Å². The second-order valence-electron chi connectivity index (χ2n) is 7.31. The Morgan fingerprint density at radius 3 is 2.62 bits per heavy atom. The fraction of sp³-hybridized carbons (Fsp3) is 0.474. The summed E-state index contributed by atoms with van der Waals surface area (Å²) >= 11 is 1.15. The van der Waals surface area contributed by atoms with Crippen LogP contribution in [0.25, 0.3) is 10.2 Å². The molecule has 10 heteroatoms. The first kappa shape index (κ1) is 20.8. The Bertz CT molecular complexity index is 1180. The number of methoxy groups -OCH3 is 1. The second kappa shape index (κ2) is 7.86. The fourth-order valence-electron chi connectivity index (χ4n) is 3.25. The average molecular weight is 418 g/mol. The summed E-state index contributed by atoms with van der Waals surface area (Å²) in [5.74, 6) is -0.969. The molecule has 1 aliphatic heterocycles. The molecule has 0 aliphatic carbocycles. The van der Waals surface area contributed by atoms with Gasteiger partial charge >= 0.3 is 11.7 Å². The molecular formula is C19H22N4O5S. The molecule has 2 aromatic heterocycles. The van der Waals surface area contributed by atoms with Crippen LogP contribution in [0, 0.1) is 5.92 Å². The van der Waals surface area contributed by atoms with Crippen molar-refractivity contribution in [2.24, 2.45) is 23.0 Å². The number of nitrogens with zero attached hydrogens (tertiary/aromatic N) is 4. The van der Waals surface area contributed by atoms with Gasteiger partial charge in [-0.1, -0.05) is 13.8 Å². The van der Waals surface area contributed by atoms with Gasteiger partial charge in [-0.15, -0.1) is 11.3 Å². The van der Waals surface area contributed by atoms with Gasteiger partial charge < -0.3 is 4.74 Å². The number of fused-ring (bicyclic) bond motifs is 1. The van der Waals surface area contributed by atoms with Crippen LogP contribution in [0.2, 0.25) is 0 Å². The summed E-state index contributed by atoms with van der Waals surface area (Å²) in [6.07, 6.45) is 1.48. The third-order valence-electron chi connectivity index (χ3n) is 4.58. The van der Waals surface area contributed by atoms with Crippen molar-refractivity contribution in [1.29, 1.82) is 0 Å². The monoisotopic (exact) mass is 418 g/mol. The lowest BCUT2D eigenvalue weighted by Crippen LogP contribution is -2.38. The zero-order valence-corrected chi connectivity index (χ0v) is 17.7. The highest BCUT2D eigenvalue weighted by Crippen LogP contribution is 2.31. The zero-order valence-electron chi connectivity index (χ0n) is 16.9. The first-order valence-corrected chi connectivity index (χ1v) is 9.93. The normalized spacial score (nSPS) is 16.6. The van der Waals surface area contributed by atoms with E-state index in [-0.39, 0.29) is 23.3 Å². The van der Waals surface area contributed by atoms with E-state index < -0.39 is 29.2 Å². The smallest absolute Gasteiger partial charge is 0.339 e. The van der Waals surface area contributed by atoms with Gasteiger partial charge in [0.25, 0.3) is 11.5 Å². The van der Waals surface area contributed by atoms with E-state index >= 15 is 0 Å². The van der Waals surface area contributed by atoms with Gasteiger partial charge in [-0.3, -0.25) is 23.7 Å². The van der Waals surface area contributed by atoms with Gasteiger partial charge in [0.1, 0.15) is 10.9 Å². The van der Waals surface area contributed by atoms with Crippen LogP contribution in [0.1, 0.15) is 36.0 Å². The Kier molecular flexibility index (Phi) is 5.65. The molecule has 3 heterocycles. The predicted molar refractivity (Wildman–Crippen MR) is 112 cm³/mol. The molecule has 9 nitrogen and oxygen atoms in total. The van der Waals surface area contributed by atoms with Crippen molar-refractivity contribution in [2.45, 2.75) is 39.8 Å². The Balaban J connectivity index is 2.30. The van der Waals surface area contributed by atoms with Crippen LogP contribution in [-0.4, -0.2) is 46.1 Å². The van der Waals surface area contributed by atoms with E-state index in [9.17, 15) is 19.2 Å². The molecule has 154 valence electrons. The second-order valence-corrected chi connectivity index (χ2v) is 8.39. The lowest BCUT2D eigenvalue weighted by molar-refractivity contribution is -0.118. The Labute approximate surface area is 170 Å². The summed E-state index contributed by atoms with van der Waals surface area (Å²) < 4.78 is 7.40. The van der Waals surface area contributed by atoms with E-state index in [4.69, 9.17) is 4.74 Å². The summed E-state index contributed by atoms with van der Waals surface area (Å²) in [5.41, 5.74) is -0.336. The fourth-order valence-corrected chi connectivity index (χ4v) is 4.57. The number of aromatic nitrogens is 2. The molecule has 1 atom stereocenters. The van der Waals surface area contributed by atoms with Gasteiger partial charge in [-0.05, 0) is 12.8 Å². The van der Waals surface area contributed by atoms with Gasteiger partial charge in [0.05, 0.1) is 30.0 Å². The molecule has 0 saturated heterocycles. The molecule has 1 unspecified atom stereocenters. The maximum absolute atomic E-state index is 12.9. The minimum absolute atomic E-state index is 0.0841. The first-order valence-electron chi connectivity index (χ1n) is 9.11. The Morgan fingerprint density at radius 2 is 2.00 bits per heavy atom. The molecule has 3 rings (SSSR count). The summed E-state index contributed by atoms with van der Waals surface area (Å²) in [6, 6.07) is -0.786. The van der Waals surface area contributed by atoms with Crippen LogP contribution >= 0.6 is 11.3 Å². The minimum atomic E-state index is -0.786. The molecule has 1 aliphatic rings. The summed E-state index contributed by atoms with van der Waals surface area (Å²) in [6.45, 7) is 6.02. The van der Waals surface area contributed by atoms with Crippen molar-refractivity contribution >= 4 is 45.4 Å². The van der Waals surface area contributed by atoms with Crippen LogP contribution in [0.3, 0.4) is 0 Å². The van der Waals surface area contributed by atoms with E-state index in [1.807, 2.05) is 13.8 Å². The summed E-state index contributed by atoms with van der Waals surface area (Å²) in [7, 11) is 2.61. The molecule has 29 heavy (non-hydrogen) atoms. The highest BCUT2D eigenvalue weighted by molar-refractivity contribution is 7.19. The zero-order chi connectivity index (χ0) is 21.5. The third kappa shape index (κ3) is 3.71. The van der Waals surface area contributed by atoms with Gasteiger partial charge in [0.15, 0.2) is 0 Å². The minimum Gasteiger partial charge on any atom is -0.465 e. The van der Waals surface area contributed by atoms with Crippen molar-refractivity contribution in [2.75, 3.05) is 7.11 Å². The van der Waals surface area contributed by atoms with Crippen LogP contribution < -0.4 is 11.2 Å². The van der Waals surface area contributed by atoms with Crippen molar-refractivity contribution in [3.8, 4) is 0 Å². The largest absolute Gasteiger partial charge is 0.465 e. The molecule has 2 aromatic rings. The van der Waals surface area contributed by atoms with E-state index in [1.165, 1.54) is 24.9 Å². The molecule has 0 saturated carbocycles. The standard InChI is InChI=1S/C19H22N4O5S/c1-9(2)8-23-17-14(16(25)22(4)19(23)27)13(18(26)28-5)12(29-17)6-11-15(24)20-7-10(3)21-11/h7,9,11H,6,8H2,1-5H3. The molecule has 0 aromatic carbocycles. The third-order valence-corrected chi connectivity index (χ3v) is 5.82. The van der Waals surface area contributed by atoms with Crippen LogP contribution in [0.15, 0.2) is 19.6 Å². The van der Waals surface area contributed by atoms with E-state index in [0.29, 0.717) is 22.0 Å². The van der Waals surface area contributed by atoms with Crippen LogP contribution in [0.4, 0.5) is 0 Å². The van der Waals surface area contributed by atoms with E-state index in [0.717, 1.165) is 15.9 Å². The Morgan fingerprint density at radius 1 is 1.31 bits per heavy atom. The highest BCUT2D eigenvalue weighted by atomic mass is 32.1.